The predicted octanol–water partition coefficient (Wildman–Crippen LogP) is 5.34. The minimum Gasteiger partial charge on any atom is -0.346 e. The van der Waals surface area contributed by atoms with E-state index >= 15 is 0 Å². The molecule has 1 aliphatic rings. The molecule has 3 heteroatoms. The van der Waals surface area contributed by atoms with Crippen LogP contribution in [0.1, 0.15) is 43.0 Å². The summed E-state index contributed by atoms with van der Waals surface area (Å²) in [7, 11) is 0. The van der Waals surface area contributed by atoms with Gasteiger partial charge in [-0.05, 0) is 43.0 Å². The normalized spacial score (nSPS) is 17.0. The largest absolute Gasteiger partial charge is 0.346 e. The van der Waals surface area contributed by atoms with Gasteiger partial charge in [-0.2, -0.15) is 0 Å². The summed E-state index contributed by atoms with van der Waals surface area (Å²) < 4.78 is 0. The first-order valence-corrected chi connectivity index (χ1v) is 9.91. The minimum atomic E-state index is -0.283. The summed E-state index contributed by atoms with van der Waals surface area (Å²) in [6, 6.07) is 17.6. The average molecular weight is 373 g/mol. The maximum Gasteiger partial charge on any atom is 0.251 e. The minimum absolute atomic E-state index is 0.0981. The molecule has 0 heterocycles. The van der Waals surface area contributed by atoms with Gasteiger partial charge in [0.1, 0.15) is 6.29 Å². The van der Waals surface area contributed by atoms with Crippen LogP contribution in [0.2, 0.25) is 0 Å². The Balaban J connectivity index is 1.59. The van der Waals surface area contributed by atoms with Crippen LogP contribution < -0.4 is 5.32 Å². The Morgan fingerprint density at radius 2 is 1.71 bits per heavy atom. The molecule has 3 nitrogen and oxygen atoms in total. The number of carbonyl (C=O) groups excluding carboxylic acids is 2. The summed E-state index contributed by atoms with van der Waals surface area (Å²) in [6.45, 7) is 1.94. The van der Waals surface area contributed by atoms with Gasteiger partial charge in [-0.1, -0.05) is 79.6 Å². The maximum absolute atomic E-state index is 12.6. The topological polar surface area (TPSA) is 46.2 Å². The van der Waals surface area contributed by atoms with Crippen LogP contribution >= 0.6 is 0 Å². The van der Waals surface area contributed by atoms with Gasteiger partial charge < -0.3 is 10.1 Å². The van der Waals surface area contributed by atoms with Gasteiger partial charge in [-0.25, -0.2) is 0 Å². The zero-order valence-electron chi connectivity index (χ0n) is 16.3. The molecule has 2 aromatic rings. The monoisotopic (exact) mass is 373 g/mol. The summed E-state index contributed by atoms with van der Waals surface area (Å²) >= 11 is 0. The zero-order valence-corrected chi connectivity index (χ0v) is 16.3. The van der Waals surface area contributed by atoms with Crippen molar-refractivity contribution in [2.45, 2.75) is 38.6 Å². The molecule has 144 valence electrons. The molecule has 1 atom stereocenters. The van der Waals surface area contributed by atoms with E-state index in [1.54, 1.807) is 0 Å². The van der Waals surface area contributed by atoms with Crippen molar-refractivity contribution >= 4 is 12.2 Å². The van der Waals surface area contributed by atoms with Gasteiger partial charge >= 0.3 is 0 Å². The number of benzene rings is 2. The van der Waals surface area contributed by atoms with Crippen molar-refractivity contribution < 1.29 is 9.59 Å². The van der Waals surface area contributed by atoms with Crippen molar-refractivity contribution in [1.82, 2.24) is 5.32 Å². The fourth-order valence-electron chi connectivity index (χ4n) is 3.64. The Hall–Kier alpha value is -2.94. The summed E-state index contributed by atoms with van der Waals surface area (Å²) in [6.07, 6.45) is 12.9. The molecular formula is C25H27NO2. The number of carbonyl (C=O) groups is 2. The number of rotatable bonds is 7. The van der Waals surface area contributed by atoms with E-state index in [2.05, 4.69) is 5.32 Å². The molecule has 1 amide bonds. The maximum atomic E-state index is 12.6. The molecule has 3 rings (SSSR count). The first-order chi connectivity index (χ1) is 13.6. The highest BCUT2D eigenvalue weighted by Crippen LogP contribution is 2.37. The predicted molar refractivity (Wildman–Crippen MR) is 114 cm³/mol. The Kier molecular flexibility index (Phi) is 6.59. The van der Waals surface area contributed by atoms with Gasteiger partial charge in [0.25, 0.3) is 5.91 Å². The molecule has 1 saturated carbocycles. The van der Waals surface area contributed by atoms with Gasteiger partial charge in [-0.3, -0.25) is 4.79 Å². The summed E-state index contributed by atoms with van der Waals surface area (Å²) in [5.74, 6) is -0.0981. The molecule has 2 aromatic carbocycles. The second kappa shape index (κ2) is 9.32. The third-order valence-corrected chi connectivity index (χ3v) is 5.30. The van der Waals surface area contributed by atoms with Gasteiger partial charge in [0.15, 0.2) is 0 Å². The van der Waals surface area contributed by atoms with Crippen LogP contribution in [0, 0.1) is 5.41 Å². The Morgan fingerprint density at radius 1 is 1.00 bits per heavy atom. The van der Waals surface area contributed by atoms with Gasteiger partial charge in [0, 0.05) is 17.0 Å². The van der Waals surface area contributed by atoms with Crippen LogP contribution in [0.4, 0.5) is 0 Å². The van der Waals surface area contributed by atoms with Crippen LogP contribution in [-0.4, -0.2) is 18.2 Å². The van der Waals surface area contributed by atoms with Crippen molar-refractivity contribution in [3.05, 3.63) is 84.5 Å². The number of aldehydes is 1. The molecule has 1 aliphatic carbocycles. The van der Waals surface area contributed by atoms with Gasteiger partial charge in [-0.15, -0.1) is 0 Å². The van der Waals surface area contributed by atoms with E-state index in [1.807, 2.05) is 85.8 Å². The highest BCUT2D eigenvalue weighted by molar-refractivity contribution is 5.95. The summed E-state index contributed by atoms with van der Waals surface area (Å²) in [5, 5.41) is 3.00. The number of nitrogens with one attached hydrogen (secondary N) is 1. The molecule has 0 bridgehead atoms. The summed E-state index contributed by atoms with van der Waals surface area (Å²) in [4.78, 5) is 23.9. The average Bonchev–Trinajstić information content (AvgIpc) is 3.21. The van der Waals surface area contributed by atoms with Gasteiger partial charge in [0.05, 0.1) is 0 Å². The molecule has 0 radical (unpaired) electrons. The Bertz CT molecular complexity index is 861. The second-order valence-corrected chi connectivity index (χ2v) is 7.51. The Morgan fingerprint density at radius 3 is 2.43 bits per heavy atom. The highest BCUT2D eigenvalue weighted by atomic mass is 16.1. The van der Waals surface area contributed by atoms with Crippen molar-refractivity contribution in [2.75, 3.05) is 0 Å². The third kappa shape index (κ3) is 5.07. The zero-order chi connectivity index (χ0) is 19.8. The van der Waals surface area contributed by atoms with E-state index in [-0.39, 0.29) is 17.4 Å². The molecule has 1 unspecified atom stereocenters. The first-order valence-electron chi connectivity index (χ1n) is 9.91. The molecule has 0 aromatic heterocycles. The van der Waals surface area contributed by atoms with Crippen LogP contribution in [0.25, 0.3) is 11.1 Å². The summed E-state index contributed by atoms with van der Waals surface area (Å²) in [5.41, 5.74) is 2.47. The van der Waals surface area contributed by atoms with Gasteiger partial charge in [0.2, 0.25) is 0 Å². The highest BCUT2D eigenvalue weighted by Gasteiger charge is 2.30. The number of allylic oxidation sites excluding steroid dienone is 3. The van der Waals surface area contributed by atoms with E-state index < -0.39 is 0 Å². The smallest absolute Gasteiger partial charge is 0.251 e. The molecule has 0 saturated heterocycles. The van der Waals surface area contributed by atoms with E-state index in [0.717, 1.165) is 43.1 Å². The molecule has 0 spiro atoms. The number of amides is 1. The van der Waals surface area contributed by atoms with E-state index in [1.165, 1.54) is 0 Å². The lowest BCUT2D eigenvalue weighted by Crippen LogP contribution is -2.31. The second-order valence-electron chi connectivity index (χ2n) is 7.51. The van der Waals surface area contributed by atoms with Crippen LogP contribution in [0.15, 0.2) is 78.9 Å². The molecule has 28 heavy (non-hydrogen) atoms. The first kappa shape index (κ1) is 19.8. The molecule has 1 fully saturated rings. The molecule has 0 aliphatic heterocycles. The van der Waals surface area contributed by atoms with Crippen LogP contribution in [-0.2, 0) is 4.79 Å². The fraction of sp³-hybridized carbons (Fsp3) is 0.280. The van der Waals surface area contributed by atoms with E-state index in [0.29, 0.717) is 5.56 Å². The van der Waals surface area contributed by atoms with E-state index in [9.17, 15) is 9.59 Å². The standard InChI is InChI=1S/C25H27NO2/c1-20(10-5-6-15-25(19-27)16-7-8-17-25)26-24(28)23-14-9-13-22(18-23)21-11-3-2-4-12-21/h2-6,9-15,18-20H,7-8,16-17H2,1H3,(H,26,28)/b10-5-,15-6+. The van der Waals surface area contributed by atoms with Crippen LogP contribution in [0.5, 0.6) is 0 Å². The Labute approximate surface area is 167 Å². The SMILES string of the molecule is CC(/C=C\C=C\C1(C=O)CCCC1)NC(=O)c1cccc(-c2ccccc2)c1. The lowest BCUT2D eigenvalue weighted by molar-refractivity contribution is -0.113. The van der Waals surface area contributed by atoms with Crippen molar-refractivity contribution in [2.24, 2.45) is 5.41 Å². The van der Waals surface area contributed by atoms with Crippen molar-refractivity contribution in [3.63, 3.8) is 0 Å². The third-order valence-electron chi connectivity index (χ3n) is 5.30. The lowest BCUT2D eigenvalue weighted by atomic mass is 9.88. The quantitative estimate of drug-likeness (QED) is 0.526. The van der Waals surface area contributed by atoms with Crippen LogP contribution in [0.3, 0.4) is 0 Å². The van der Waals surface area contributed by atoms with Crippen molar-refractivity contribution in [1.29, 1.82) is 0 Å². The number of hydrogen-bond donors (Lipinski definition) is 1. The molecular weight excluding hydrogens is 346 g/mol. The molecule has 1 N–H and O–H groups in total. The van der Waals surface area contributed by atoms with Crippen molar-refractivity contribution in [3.8, 4) is 11.1 Å². The number of hydrogen-bond acceptors (Lipinski definition) is 2. The fourth-order valence-corrected chi connectivity index (χ4v) is 3.64. The lowest BCUT2D eigenvalue weighted by Gasteiger charge is -2.15. The van der Waals surface area contributed by atoms with E-state index in [4.69, 9.17) is 0 Å².